The maximum atomic E-state index is 11.3. The maximum absolute atomic E-state index is 11.3. The summed E-state index contributed by atoms with van der Waals surface area (Å²) in [5, 5.41) is 0. The van der Waals surface area contributed by atoms with Crippen molar-refractivity contribution in [2.75, 3.05) is 0 Å². The van der Waals surface area contributed by atoms with Gasteiger partial charge in [0.1, 0.15) is 35.5 Å². The molecule has 0 fully saturated rings. The van der Waals surface area contributed by atoms with Crippen LogP contribution in [0, 0.1) is 0 Å². The Kier molecular flexibility index (Phi) is 6.85. The largest absolute Gasteiger partial charge is 0.462 e. The molecular formula is C25H20O6. The minimum atomic E-state index is -0.517. The molecule has 0 unspecified atom stereocenters. The molecule has 3 rings (SSSR count). The van der Waals surface area contributed by atoms with Crippen LogP contribution in [0.3, 0.4) is 0 Å². The van der Waals surface area contributed by atoms with Gasteiger partial charge >= 0.3 is 11.9 Å². The van der Waals surface area contributed by atoms with Crippen molar-refractivity contribution in [3.63, 3.8) is 0 Å². The molecule has 1 aromatic heterocycles. The number of rotatable bonds is 8. The predicted molar refractivity (Wildman–Crippen MR) is 116 cm³/mol. The van der Waals surface area contributed by atoms with Gasteiger partial charge in [0.25, 0.3) is 0 Å². The number of benzene rings is 2. The van der Waals surface area contributed by atoms with Crippen LogP contribution in [-0.4, -0.2) is 11.9 Å². The van der Waals surface area contributed by atoms with E-state index < -0.39 is 11.9 Å². The Bertz CT molecular complexity index is 1120. The van der Waals surface area contributed by atoms with E-state index in [1.807, 2.05) is 24.3 Å². The Morgan fingerprint density at radius 1 is 0.839 bits per heavy atom. The van der Waals surface area contributed by atoms with Crippen molar-refractivity contribution >= 4 is 11.9 Å². The van der Waals surface area contributed by atoms with Gasteiger partial charge in [-0.15, -0.1) is 0 Å². The van der Waals surface area contributed by atoms with E-state index in [4.69, 9.17) is 18.6 Å². The second-order valence-corrected chi connectivity index (χ2v) is 6.41. The third kappa shape index (κ3) is 5.83. The molecular weight excluding hydrogens is 396 g/mol. The second kappa shape index (κ2) is 9.93. The second-order valence-electron chi connectivity index (χ2n) is 6.41. The number of ether oxygens (including phenoxy) is 3. The number of hydrogen-bond donors (Lipinski definition) is 0. The third-order valence-electron chi connectivity index (χ3n) is 4.05. The van der Waals surface area contributed by atoms with E-state index in [0.29, 0.717) is 28.6 Å². The molecule has 3 aromatic rings. The van der Waals surface area contributed by atoms with Crippen LogP contribution in [0.25, 0.3) is 22.6 Å². The van der Waals surface area contributed by atoms with Gasteiger partial charge in [0, 0.05) is 22.8 Å². The SMILES string of the molecule is C=CC(=O)Oc1ccc(-c2ccc(-c3ccc(O/C=C\OC(=O)C(=C)C)cc3)o2)cc1. The summed E-state index contributed by atoms with van der Waals surface area (Å²) < 4.78 is 21.2. The van der Waals surface area contributed by atoms with Crippen molar-refractivity contribution in [2.24, 2.45) is 0 Å². The Labute approximate surface area is 179 Å². The number of esters is 2. The maximum Gasteiger partial charge on any atom is 0.338 e. The minimum absolute atomic E-state index is 0.305. The summed E-state index contributed by atoms with van der Waals surface area (Å²) in [6, 6.07) is 18.0. The summed E-state index contributed by atoms with van der Waals surface area (Å²) in [5.41, 5.74) is 2.02. The molecule has 0 aliphatic rings. The highest BCUT2D eigenvalue weighted by Gasteiger charge is 2.08. The quantitative estimate of drug-likeness (QED) is 0.204. The Balaban J connectivity index is 1.62. The predicted octanol–water partition coefficient (Wildman–Crippen LogP) is 5.67. The van der Waals surface area contributed by atoms with Crippen LogP contribution < -0.4 is 9.47 Å². The van der Waals surface area contributed by atoms with Gasteiger partial charge < -0.3 is 18.6 Å². The minimum Gasteiger partial charge on any atom is -0.462 e. The molecule has 0 spiro atoms. The first-order valence-corrected chi connectivity index (χ1v) is 9.29. The van der Waals surface area contributed by atoms with Crippen molar-refractivity contribution in [1.82, 2.24) is 0 Å². The Hall–Kier alpha value is -4.32. The molecule has 0 radical (unpaired) electrons. The molecule has 6 heteroatoms. The lowest BCUT2D eigenvalue weighted by Gasteiger charge is -2.03. The van der Waals surface area contributed by atoms with Crippen LogP contribution in [0.15, 0.2) is 102 Å². The fourth-order valence-corrected chi connectivity index (χ4v) is 2.49. The van der Waals surface area contributed by atoms with Gasteiger partial charge in [-0.05, 0) is 67.6 Å². The fourth-order valence-electron chi connectivity index (χ4n) is 2.49. The zero-order valence-electron chi connectivity index (χ0n) is 16.9. The van der Waals surface area contributed by atoms with Crippen LogP contribution in [0.4, 0.5) is 0 Å². The summed E-state index contributed by atoms with van der Waals surface area (Å²) in [6.07, 6.45) is 3.54. The number of furan rings is 1. The summed E-state index contributed by atoms with van der Waals surface area (Å²) in [5.74, 6) is 1.34. The first kappa shape index (κ1) is 21.4. The van der Waals surface area contributed by atoms with Gasteiger partial charge in [-0.2, -0.15) is 0 Å². The molecule has 0 aliphatic heterocycles. The van der Waals surface area contributed by atoms with Crippen LogP contribution in [-0.2, 0) is 14.3 Å². The van der Waals surface area contributed by atoms with E-state index in [-0.39, 0.29) is 0 Å². The lowest BCUT2D eigenvalue weighted by atomic mass is 10.1. The highest BCUT2D eigenvalue weighted by Crippen LogP contribution is 2.30. The Morgan fingerprint density at radius 3 is 1.90 bits per heavy atom. The van der Waals surface area contributed by atoms with E-state index in [2.05, 4.69) is 13.2 Å². The lowest BCUT2D eigenvalue weighted by Crippen LogP contribution is -2.02. The topological polar surface area (TPSA) is 75.0 Å². The monoisotopic (exact) mass is 416 g/mol. The zero-order chi connectivity index (χ0) is 22.2. The van der Waals surface area contributed by atoms with Crippen molar-refractivity contribution in [3.8, 4) is 34.1 Å². The van der Waals surface area contributed by atoms with Crippen LogP contribution in [0.5, 0.6) is 11.5 Å². The molecule has 0 amide bonds. The molecule has 6 nitrogen and oxygen atoms in total. The number of carbonyl (C=O) groups excluding carboxylic acids is 2. The average Bonchev–Trinajstić information content (AvgIpc) is 3.27. The van der Waals surface area contributed by atoms with Crippen molar-refractivity contribution in [2.45, 2.75) is 6.92 Å². The standard InChI is InChI=1S/C25H20O6/c1-4-24(26)30-21-11-7-19(8-12-21)23-14-13-22(31-23)18-5-9-20(10-6-18)28-15-16-29-25(27)17(2)3/h4-16H,1-2H2,3H3/b16-15-. The Morgan fingerprint density at radius 2 is 1.39 bits per heavy atom. The van der Waals surface area contributed by atoms with E-state index >= 15 is 0 Å². The van der Waals surface area contributed by atoms with Gasteiger partial charge in [0.05, 0.1) is 0 Å². The van der Waals surface area contributed by atoms with Crippen molar-refractivity contribution < 1.29 is 28.2 Å². The van der Waals surface area contributed by atoms with Crippen molar-refractivity contribution in [1.29, 1.82) is 0 Å². The third-order valence-corrected chi connectivity index (χ3v) is 4.05. The van der Waals surface area contributed by atoms with Crippen LogP contribution in [0.2, 0.25) is 0 Å². The number of carbonyl (C=O) groups is 2. The fraction of sp³-hybridized carbons (Fsp3) is 0.0400. The highest BCUT2D eigenvalue weighted by atomic mass is 16.5. The number of hydrogen-bond acceptors (Lipinski definition) is 6. The summed E-state index contributed by atoms with van der Waals surface area (Å²) in [7, 11) is 0. The van der Waals surface area contributed by atoms with Gasteiger partial charge in [0.2, 0.25) is 0 Å². The molecule has 0 aliphatic carbocycles. The summed E-state index contributed by atoms with van der Waals surface area (Å²) >= 11 is 0. The summed E-state index contributed by atoms with van der Waals surface area (Å²) in [4.78, 5) is 22.5. The molecule has 0 N–H and O–H groups in total. The lowest BCUT2D eigenvalue weighted by molar-refractivity contribution is -0.133. The molecule has 2 aromatic carbocycles. The molecule has 31 heavy (non-hydrogen) atoms. The molecule has 0 saturated carbocycles. The summed E-state index contributed by atoms with van der Waals surface area (Å²) in [6.45, 7) is 8.42. The van der Waals surface area contributed by atoms with E-state index in [1.165, 1.54) is 6.26 Å². The van der Waals surface area contributed by atoms with Gasteiger partial charge in [-0.1, -0.05) is 13.2 Å². The van der Waals surface area contributed by atoms with E-state index in [1.54, 1.807) is 43.3 Å². The molecule has 0 bridgehead atoms. The average molecular weight is 416 g/mol. The van der Waals surface area contributed by atoms with E-state index in [9.17, 15) is 9.59 Å². The first-order valence-electron chi connectivity index (χ1n) is 9.29. The van der Waals surface area contributed by atoms with Gasteiger partial charge in [0.15, 0.2) is 0 Å². The molecule has 0 atom stereocenters. The van der Waals surface area contributed by atoms with Crippen LogP contribution in [0.1, 0.15) is 6.92 Å². The molecule has 1 heterocycles. The van der Waals surface area contributed by atoms with E-state index in [0.717, 1.165) is 23.5 Å². The van der Waals surface area contributed by atoms with Crippen molar-refractivity contribution in [3.05, 3.63) is 98.0 Å². The normalized spacial score (nSPS) is 10.5. The zero-order valence-corrected chi connectivity index (χ0v) is 16.9. The molecule has 0 saturated heterocycles. The smallest absolute Gasteiger partial charge is 0.338 e. The van der Waals surface area contributed by atoms with Gasteiger partial charge in [-0.3, -0.25) is 0 Å². The molecule has 156 valence electrons. The highest BCUT2D eigenvalue weighted by molar-refractivity contribution is 5.87. The van der Waals surface area contributed by atoms with Crippen LogP contribution >= 0.6 is 0 Å². The first-order chi connectivity index (χ1) is 15.0. The van der Waals surface area contributed by atoms with Gasteiger partial charge in [-0.25, -0.2) is 9.59 Å².